The number of hydrazine groups is 2. The fraction of sp³-hybridized carbons (Fsp3) is 0.333. The monoisotopic (exact) mass is 125 g/mol. The molecule has 1 aliphatic rings. The molecular formula is C6H11N3. The number of rotatable bonds is 2. The van der Waals surface area contributed by atoms with Crippen LogP contribution in [-0.4, -0.2) is 0 Å². The molecule has 0 amide bonds. The Morgan fingerprint density at radius 3 is 2.89 bits per heavy atom. The topological polar surface area (TPSA) is 50.1 Å². The number of hydrogen-bond acceptors (Lipinski definition) is 3. The van der Waals surface area contributed by atoms with Gasteiger partial charge in [0, 0.05) is 5.70 Å². The fourth-order valence-corrected chi connectivity index (χ4v) is 0.789. The van der Waals surface area contributed by atoms with Gasteiger partial charge in [-0.2, -0.15) is 5.53 Å². The third-order valence-electron chi connectivity index (χ3n) is 1.21. The molecule has 9 heavy (non-hydrogen) atoms. The van der Waals surface area contributed by atoms with Gasteiger partial charge in [-0.15, -0.1) is 0 Å². The maximum absolute atomic E-state index is 5.02. The Morgan fingerprint density at radius 2 is 2.33 bits per heavy atom. The molecule has 0 aromatic rings. The van der Waals surface area contributed by atoms with Crippen LogP contribution in [-0.2, 0) is 0 Å². The highest BCUT2D eigenvalue weighted by Crippen LogP contribution is 2.04. The molecule has 1 rings (SSSR count). The summed E-state index contributed by atoms with van der Waals surface area (Å²) < 4.78 is 0. The van der Waals surface area contributed by atoms with Gasteiger partial charge < -0.3 is 5.43 Å². The van der Waals surface area contributed by atoms with E-state index in [0.717, 1.165) is 18.5 Å². The molecule has 0 aromatic carbocycles. The first-order valence-corrected chi connectivity index (χ1v) is 3.02. The van der Waals surface area contributed by atoms with Gasteiger partial charge >= 0.3 is 0 Å². The van der Waals surface area contributed by atoms with Crippen molar-refractivity contribution in [1.82, 2.24) is 11.0 Å². The molecule has 0 radical (unpaired) electrons. The van der Waals surface area contributed by atoms with Crippen molar-refractivity contribution in [2.45, 2.75) is 12.8 Å². The molecule has 0 aliphatic heterocycles. The van der Waals surface area contributed by atoms with Crippen LogP contribution in [0.15, 0.2) is 23.9 Å². The van der Waals surface area contributed by atoms with Gasteiger partial charge in [0.15, 0.2) is 0 Å². The smallest absolute Gasteiger partial charge is 0.0458 e. The summed E-state index contributed by atoms with van der Waals surface area (Å²) in [4.78, 5) is 0. The van der Waals surface area contributed by atoms with Crippen LogP contribution in [0.5, 0.6) is 0 Å². The van der Waals surface area contributed by atoms with Gasteiger partial charge in [-0.05, 0) is 18.9 Å². The Morgan fingerprint density at radius 1 is 1.44 bits per heavy atom. The van der Waals surface area contributed by atoms with Crippen molar-refractivity contribution in [3.05, 3.63) is 23.9 Å². The molecule has 4 N–H and O–H groups in total. The van der Waals surface area contributed by atoms with Gasteiger partial charge in [-0.25, -0.2) is 0 Å². The van der Waals surface area contributed by atoms with E-state index in [9.17, 15) is 0 Å². The SMILES string of the molecule is NNNC1=CCCC=C1. The standard InChI is InChI=1S/C6H11N3/c7-9-8-6-4-2-1-3-5-6/h2,4-5,8-9H,1,3,7H2. The fourth-order valence-electron chi connectivity index (χ4n) is 0.789. The van der Waals surface area contributed by atoms with Crippen LogP contribution >= 0.6 is 0 Å². The highest BCUT2D eigenvalue weighted by Gasteiger charge is 1.92. The Hall–Kier alpha value is -0.800. The molecule has 0 fully saturated rings. The van der Waals surface area contributed by atoms with E-state index in [4.69, 9.17) is 5.84 Å². The molecule has 0 saturated carbocycles. The van der Waals surface area contributed by atoms with Gasteiger partial charge in [0.05, 0.1) is 0 Å². The largest absolute Gasteiger partial charge is 0.309 e. The molecule has 0 spiro atoms. The molecule has 0 saturated heterocycles. The maximum Gasteiger partial charge on any atom is 0.0458 e. The first kappa shape index (κ1) is 6.32. The van der Waals surface area contributed by atoms with Crippen molar-refractivity contribution in [1.29, 1.82) is 0 Å². The number of nitrogens with one attached hydrogen (secondary N) is 2. The maximum atomic E-state index is 5.02. The van der Waals surface area contributed by atoms with Crippen molar-refractivity contribution in [2.75, 3.05) is 0 Å². The zero-order chi connectivity index (χ0) is 6.53. The van der Waals surface area contributed by atoms with Gasteiger partial charge in [-0.3, -0.25) is 5.84 Å². The molecule has 0 unspecified atom stereocenters. The minimum absolute atomic E-state index is 1.05. The number of nitrogens with two attached hydrogens (primary N) is 1. The van der Waals surface area contributed by atoms with Crippen LogP contribution in [0.3, 0.4) is 0 Å². The zero-order valence-corrected chi connectivity index (χ0v) is 5.22. The number of hydrogen-bond donors (Lipinski definition) is 3. The summed E-state index contributed by atoms with van der Waals surface area (Å²) in [5.41, 5.74) is 6.20. The lowest BCUT2D eigenvalue weighted by Crippen LogP contribution is -2.36. The summed E-state index contributed by atoms with van der Waals surface area (Å²) in [7, 11) is 0. The average molecular weight is 125 g/mol. The lowest BCUT2D eigenvalue weighted by atomic mass is 10.2. The Bertz CT molecular complexity index is 137. The normalized spacial score (nSPS) is 17.2. The number of allylic oxidation sites excluding steroid dienone is 3. The minimum atomic E-state index is 1.05. The predicted octanol–water partition coefficient (Wildman–Crippen LogP) is 0.188. The van der Waals surface area contributed by atoms with Crippen molar-refractivity contribution < 1.29 is 0 Å². The Balaban J connectivity index is 2.38. The lowest BCUT2D eigenvalue weighted by Gasteiger charge is -2.07. The van der Waals surface area contributed by atoms with E-state index >= 15 is 0 Å². The first-order chi connectivity index (χ1) is 4.43. The lowest BCUT2D eigenvalue weighted by molar-refractivity contribution is 0.637. The summed E-state index contributed by atoms with van der Waals surface area (Å²) in [6, 6.07) is 0. The quantitative estimate of drug-likeness (QED) is 0.364. The summed E-state index contributed by atoms with van der Waals surface area (Å²) in [6.07, 6.45) is 8.44. The van der Waals surface area contributed by atoms with E-state index in [2.05, 4.69) is 23.1 Å². The molecule has 0 heterocycles. The van der Waals surface area contributed by atoms with Gasteiger partial charge in [0.2, 0.25) is 0 Å². The average Bonchev–Trinajstić information content (AvgIpc) is 1.91. The van der Waals surface area contributed by atoms with Crippen molar-refractivity contribution in [2.24, 2.45) is 5.84 Å². The van der Waals surface area contributed by atoms with E-state index < -0.39 is 0 Å². The van der Waals surface area contributed by atoms with Gasteiger partial charge in [0.25, 0.3) is 0 Å². The van der Waals surface area contributed by atoms with Crippen LogP contribution in [0.2, 0.25) is 0 Å². The van der Waals surface area contributed by atoms with Crippen molar-refractivity contribution in [3.63, 3.8) is 0 Å². The highest BCUT2D eigenvalue weighted by atomic mass is 15.5. The predicted molar refractivity (Wildman–Crippen MR) is 36.9 cm³/mol. The van der Waals surface area contributed by atoms with Crippen molar-refractivity contribution >= 4 is 0 Å². The van der Waals surface area contributed by atoms with Crippen LogP contribution in [0.25, 0.3) is 0 Å². The second kappa shape index (κ2) is 3.27. The summed E-state index contributed by atoms with van der Waals surface area (Å²) in [6.45, 7) is 0. The van der Waals surface area contributed by atoms with E-state index in [-0.39, 0.29) is 0 Å². The van der Waals surface area contributed by atoms with Crippen molar-refractivity contribution in [3.8, 4) is 0 Å². The summed E-state index contributed by atoms with van der Waals surface area (Å²) >= 11 is 0. The summed E-state index contributed by atoms with van der Waals surface area (Å²) in [5.74, 6) is 5.02. The second-order valence-electron chi connectivity index (χ2n) is 1.91. The molecule has 3 heteroatoms. The first-order valence-electron chi connectivity index (χ1n) is 3.02. The van der Waals surface area contributed by atoms with E-state index in [0.29, 0.717) is 0 Å². The van der Waals surface area contributed by atoms with Gasteiger partial charge in [-0.1, -0.05) is 12.2 Å². The van der Waals surface area contributed by atoms with E-state index in [1.165, 1.54) is 0 Å². The Labute approximate surface area is 54.6 Å². The second-order valence-corrected chi connectivity index (χ2v) is 1.91. The van der Waals surface area contributed by atoms with Gasteiger partial charge in [0.1, 0.15) is 0 Å². The molecular weight excluding hydrogens is 114 g/mol. The highest BCUT2D eigenvalue weighted by molar-refractivity contribution is 5.19. The minimum Gasteiger partial charge on any atom is -0.309 e. The zero-order valence-electron chi connectivity index (χ0n) is 5.22. The van der Waals surface area contributed by atoms with Crippen LogP contribution in [0.4, 0.5) is 0 Å². The summed E-state index contributed by atoms with van der Waals surface area (Å²) in [5, 5.41) is 0. The molecule has 50 valence electrons. The molecule has 0 aromatic heterocycles. The molecule has 3 nitrogen and oxygen atoms in total. The molecule has 0 bridgehead atoms. The van der Waals surface area contributed by atoms with Crippen LogP contribution in [0.1, 0.15) is 12.8 Å². The van der Waals surface area contributed by atoms with Crippen LogP contribution in [0, 0.1) is 0 Å². The van der Waals surface area contributed by atoms with E-state index in [1.54, 1.807) is 0 Å². The van der Waals surface area contributed by atoms with Crippen LogP contribution < -0.4 is 16.8 Å². The molecule has 0 atom stereocenters. The Kier molecular flexibility index (Phi) is 2.30. The van der Waals surface area contributed by atoms with E-state index in [1.807, 2.05) is 6.08 Å². The third-order valence-corrected chi connectivity index (χ3v) is 1.21. The third kappa shape index (κ3) is 1.87. The molecule has 1 aliphatic carbocycles.